The van der Waals surface area contributed by atoms with E-state index in [0.717, 1.165) is 0 Å². The van der Waals surface area contributed by atoms with E-state index in [-0.39, 0.29) is 0 Å². The highest BCUT2D eigenvalue weighted by atomic mass is 32.1. The standard InChI is InChI=1S/C23H42S/c1-3-4-5-6-7-8-9-10-11-12-13-14-15-16-17-18-19-23-21-24-20-22(23)2/h20-21H,3-19H2,1-2H3. The Labute approximate surface area is 156 Å². The molecule has 0 radical (unpaired) electrons. The van der Waals surface area contributed by atoms with Crippen LogP contribution in [0.1, 0.15) is 121 Å². The molecular formula is C23H42S. The van der Waals surface area contributed by atoms with Crippen LogP contribution in [-0.4, -0.2) is 0 Å². The van der Waals surface area contributed by atoms with E-state index in [1.54, 1.807) is 5.56 Å². The maximum absolute atomic E-state index is 2.33. The molecule has 0 amide bonds. The zero-order valence-electron chi connectivity index (χ0n) is 16.6. The van der Waals surface area contributed by atoms with E-state index in [9.17, 15) is 0 Å². The predicted octanol–water partition coefficient (Wildman–Crippen LogP) is 8.86. The molecule has 0 atom stereocenters. The van der Waals surface area contributed by atoms with E-state index in [1.165, 1.54) is 115 Å². The Bertz CT molecular complexity index is 366. The number of unbranched alkanes of at least 4 members (excludes halogenated alkanes) is 15. The molecule has 0 nitrogen and oxygen atoms in total. The van der Waals surface area contributed by atoms with Crippen molar-refractivity contribution in [2.45, 2.75) is 123 Å². The minimum absolute atomic E-state index is 1.30. The molecule has 1 rings (SSSR count). The molecule has 1 heterocycles. The molecule has 0 aromatic carbocycles. The van der Waals surface area contributed by atoms with E-state index in [1.807, 2.05) is 11.3 Å². The summed E-state index contributed by atoms with van der Waals surface area (Å²) < 4.78 is 0. The monoisotopic (exact) mass is 350 g/mol. The average molecular weight is 351 g/mol. The van der Waals surface area contributed by atoms with Gasteiger partial charge in [0.05, 0.1) is 0 Å². The molecule has 0 N–H and O–H groups in total. The molecule has 140 valence electrons. The van der Waals surface area contributed by atoms with Gasteiger partial charge in [0, 0.05) is 0 Å². The molecule has 0 spiro atoms. The van der Waals surface area contributed by atoms with Gasteiger partial charge in [0.25, 0.3) is 0 Å². The Morgan fingerprint density at radius 3 is 1.38 bits per heavy atom. The van der Waals surface area contributed by atoms with Gasteiger partial charge in [-0.15, -0.1) is 0 Å². The van der Waals surface area contributed by atoms with Crippen molar-refractivity contribution in [3.05, 3.63) is 21.9 Å². The lowest BCUT2D eigenvalue weighted by Crippen LogP contribution is -1.86. The molecule has 0 aliphatic carbocycles. The fourth-order valence-corrected chi connectivity index (χ4v) is 4.40. The molecular weight excluding hydrogens is 308 g/mol. The SMILES string of the molecule is CCCCCCCCCCCCCCCCCCc1cscc1C. The van der Waals surface area contributed by atoms with Crippen LogP contribution < -0.4 is 0 Å². The highest BCUT2D eigenvalue weighted by Gasteiger charge is 1.99. The van der Waals surface area contributed by atoms with Gasteiger partial charge in [-0.25, -0.2) is 0 Å². The normalized spacial score (nSPS) is 11.2. The largest absolute Gasteiger partial charge is 0.152 e. The third-order valence-corrected chi connectivity index (χ3v) is 6.17. The highest BCUT2D eigenvalue weighted by Crippen LogP contribution is 2.18. The van der Waals surface area contributed by atoms with Gasteiger partial charge in [-0.2, -0.15) is 11.3 Å². The fraction of sp³-hybridized carbons (Fsp3) is 0.826. The van der Waals surface area contributed by atoms with Crippen LogP contribution >= 0.6 is 11.3 Å². The Morgan fingerprint density at radius 1 is 0.583 bits per heavy atom. The molecule has 1 aromatic heterocycles. The third kappa shape index (κ3) is 12.1. The topological polar surface area (TPSA) is 0 Å². The van der Waals surface area contributed by atoms with E-state index in [4.69, 9.17) is 0 Å². The lowest BCUT2D eigenvalue weighted by Gasteiger charge is -2.04. The third-order valence-electron chi connectivity index (χ3n) is 5.26. The minimum Gasteiger partial charge on any atom is -0.152 e. The summed E-state index contributed by atoms with van der Waals surface area (Å²) in [7, 11) is 0. The lowest BCUT2D eigenvalue weighted by atomic mass is 10.0. The fourth-order valence-electron chi connectivity index (χ4n) is 3.51. The van der Waals surface area contributed by atoms with Crippen molar-refractivity contribution >= 4 is 11.3 Å². The summed E-state index contributed by atoms with van der Waals surface area (Å²) in [5, 5.41) is 4.61. The van der Waals surface area contributed by atoms with E-state index >= 15 is 0 Å². The van der Waals surface area contributed by atoms with E-state index in [0.29, 0.717) is 0 Å². The van der Waals surface area contributed by atoms with Crippen LogP contribution in [0.4, 0.5) is 0 Å². The summed E-state index contributed by atoms with van der Waals surface area (Å²) in [6.45, 7) is 4.55. The Morgan fingerprint density at radius 2 is 1.00 bits per heavy atom. The maximum Gasteiger partial charge on any atom is -0.00585 e. The predicted molar refractivity (Wildman–Crippen MR) is 112 cm³/mol. The molecule has 0 saturated heterocycles. The van der Waals surface area contributed by atoms with Gasteiger partial charge < -0.3 is 0 Å². The van der Waals surface area contributed by atoms with Crippen LogP contribution in [0.3, 0.4) is 0 Å². The molecule has 0 bridgehead atoms. The van der Waals surface area contributed by atoms with Gasteiger partial charge >= 0.3 is 0 Å². The van der Waals surface area contributed by atoms with Crippen molar-refractivity contribution in [3.8, 4) is 0 Å². The molecule has 0 fully saturated rings. The first kappa shape index (κ1) is 21.7. The number of hydrogen-bond acceptors (Lipinski definition) is 1. The summed E-state index contributed by atoms with van der Waals surface area (Å²) in [6.07, 6.45) is 24.6. The summed E-state index contributed by atoms with van der Waals surface area (Å²) in [4.78, 5) is 0. The van der Waals surface area contributed by atoms with Crippen LogP contribution in [-0.2, 0) is 6.42 Å². The molecule has 1 aromatic rings. The number of thiophene rings is 1. The molecule has 0 saturated carbocycles. The van der Waals surface area contributed by atoms with Crippen molar-refractivity contribution in [2.75, 3.05) is 0 Å². The highest BCUT2D eigenvalue weighted by molar-refractivity contribution is 7.08. The second kappa shape index (κ2) is 16.2. The van der Waals surface area contributed by atoms with Crippen LogP contribution in [0.15, 0.2) is 10.8 Å². The molecule has 1 heteroatoms. The van der Waals surface area contributed by atoms with Gasteiger partial charge in [0.1, 0.15) is 0 Å². The van der Waals surface area contributed by atoms with Crippen molar-refractivity contribution in [2.24, 2.45) is 0 Å². The van der Waals surface area contributed by atoms with Crippen LogP contribution in [0.25, 0.3) is 0 Å². The summed E-state index contributed by atoms with van der Waals surface area (Å²) in [5.74, 6) is 0. The zero-order valence-corrected chi connectivity index (χ0v) is 17.4. The van der Waals surface area contributed by atoms with Crippen LogP contribution in [0.2, 0.25) is 0 Å². The molecule has 0 aliphatic rings. The van der Waals surface area contributed by atoms with Gasteiger partial charge in [0.2, 0.25) is 0 Å². The summed E-state index contributed by atoms with van der Waals surface area (Å²) in [5.41, 5.74) is 3.09. The van der Waals surface area contributed by atoms with Crippen molar-refractivity contribution < 1.29 is 0 Å². The first-order chi connectivity index (χ1) is 11.8. The Hall–Kier alpha value is -0.300. The molecule has 24 heavy (non-hydrogen) atoms. The van der Waals surface area contributed by atoms with Crippen LogP contribution in [0.5, 0.6) is 0 Å². The summed E-state index contributed by atoms with van der Waals surface area (Å²) in [6, 6.07) is 0. The first-order valence-electron chi connectivity index (χ1n) is 10.9. The average Bonchev–Trinajstić information content (AvgIpc) is 2.99. The first-order valence-corrected chi connectivity index (χ1v) is 11.8. The van der Waals surface area contributed by atoms with Gasteiger partial charge in [-0.05, 0) is 41.7 Å². The maximum atomic E-state index is 2.33. The Kier molecular flexibility index (Phi) is 14.7. The van der Waals surface area contributed by atoms with E-state index in [2.05, 4.69) is 24.6 Å². The number of aryl methyl sites for hydroxylation is 2. The number of rotatable bonds is 17. The van der Waals surface area contributed by atoms with Gasteiger partial charge in [-0.3, -0.25) is 0 Å². The van der Waals surface area contributed by atoms with Crippen molar-refractivity contribution in [3.63, 3.8) is 0 Å². The van der Waals surface area contributed by atoms with E-state index < -0.39 is 0 Å². The Balaban J connectivity index is 1.71. The van der Waals surface area contributed by atoms with Gasteiger partial charge in [0.15, 0.2) is 0 Å². The zero-order chi connectivity index (χ0) is 17.3. The molecule has 0 aliphatic heterocycles. The molecule has 0 unspecified atom stereocenters. The van der Waals surface area contributed by atoms with Gasteiger partial charge in [-0.1, -0.05) is 103 Å². The van der Waals surface area contributed by atoms with Crippen molar-refractivity contribution in [1.29, 1.82) is 0 Å². The lowest BCUT2D eigenvalue weighted by molar-refractivity contribution is 0.529. The second-order valence-electron chi connectivity index (χ2n) is 7.63. The van der Waals surface area contributed by atoms with Crippen molar-refractivity contribution in [1.82, 2.24) is 0 Å². The second-order valence-corrected chi connectivity index (χ2v) is 8.38. The quantitative estimate of drug-likeness (QED) is 0.246. The minimum atomic E-state index is 1.30. The summed E-state index contributed by atoms with van der Waals surface area (Å²) >= 11 is 1.85. The van der Waals surface area contributed by atoms with Crippen LogP contribution in [0, 0.1) is 6.92 Å². The smallest absolute Gasteiger partial charge is 0.00585 e. The number of hydrogen-bond donors (Lipinski definition) is 0.